The van der Waals surface area contributed by atoms with E-state index in [1.165, 1.54) is 32.1 Å². The van der Waals surface area contributed by atoms with Crippen molar-refractivity contribution in [1.82, 2.24) is 10.0 Å². The Morgan fingerprint density at radius 2 is 1.68 bits per heavy atom. The van der Waals surface area contributed by atoms with Crippen LogP contribution >= 0.6 is 12.4 Å². The van der Waals surface area contributed by atoms with Crippen LogP contribution in [0.4, 0.5) is 0 Å². The van der Waals surface area contributed by atoms with E-state index in [1.807, 2.05) is 0 Å². The van der Waals surface area contributed by atoms with Crippen molar-refractivity contribution in [1.29, 1.82) is 0 Å². The predicted octanol–water partition coefficient (Wildman–Crippen LogP) is 1.80. The van der Waals surface area contributed by atoms with Gasteiger partial charge in [-0.2, -0.15) is 0 Å². The van der Waals surface area contributed by atoms with E-state index in [1.54, 1.807) is 0 Å². The Morgan fingerprint density at radius 1 is 1.05 bits per heavy atom. The van der Waals surface area contributed by atoms with Gasteiger partial charge in [0.05, 0.1) is 5.75 Å². The van der Waals surface area contributed by atoms with Gasteiger partial charge in [-0.3, -0.25) is 0 Å². The molecular formula is C13H25ClN2O2S. The van der Waals surface area contributed by atoms with Gasteiger partial charge in [-0.25, -0.2) is 13.1 Å². The van der Waals surface area contributed by atoms with Crippen molar-refractivity contribution < 1.29 is 8.42 Å². The lowest BCUT2D eigenvalue weighted by Crippen LogP contribution is -2.48. The van der Waals surface area contributed by atoms with Crippen molar-refractivity contribution in [2.24, 2.45) is 5.92 Å². The molecule has 1 aliphatic carbocycles. The zero-order valence-electron chi connectivity index (χ0n) is 11.3. The maximum atomic E-state index is 12.0. The van der Waals surface area contributed by atoms with Gasteiger partial charge in [0, 0.05) is 18.1 Å². The van der Waals surface area contributed by atoms with E-state index in [4.69, 9.17) is 0 Å². The molecule has 2 bridgehead atoms. The minimum absolute atomic E-state index is 0. The molecule has 2 aliphatic heterocycles. The molecule has 2 heterocycles. The van der Waals surface area contributed by atoms with E-state index in [2.05, 4.69) is 10.0 Å². The van der Waals surface area contributed by atoms with Crippen LogP contribution in [0.5, 0.6) is 0 Å². The molecule has 0 aromatic carbocycles. The van der Waals surface area contributed by atoms with Crippen molar-refractivity contribution in [3.8, 4) is 0 Å². The Bertz CT molecular complexity index is 385. The van der Waals surface area contributed by atoms with Gasteiger partial charge in [0.1, 0.15) is 0 Å². The third-order valence-electron chi connectivity index (χ3n) is 4.84. The molecule has 0 amide bonds. The van der Waals surface area contributed by atoms with Gasteiger partial charge < -0.3 is 5.32 Å². The fraction of sp³-hybridized carbons (Fsp3) is 1.00. The molecule has 4 nitrogen and oxygen atoms in total. The van der Waals surface area contributed by atoms with Crippen molar-refractivity contribution in [3.63, 3.8) is 0 Å². The van der Waals surface area contributed by atoms with Gasteiger partial charge in [0.25, 0.3) is 0 Å². The van der Waals surface area contributed by atoms with Crippen molar-refractivity contribution in [3.05, 3.63) is 0 Å². The molecule has 0 aromatic rings. The summed E-state index contributed by atoms with van der Waals surface area (Å²) in [5.74, 6) is 1.00. The van der Waals surface area contributed by atoms with E-state index >= 15 is 0 Å². The normalized spacial score (nSPS) is 34.6. The molecule has 1 saturated carbocycles. The highest BCUT2D eigenvalue weighted by Gasteiger charge is 2.35. The first-order chi connectivity index (χ1) is 8.61. The summed E-state index contributed by atoms with van der Waals surface area (Å²) in [5, 5.41) is 3.54. The number of fused-ring (bicyclic) bond motifs is 2. The quantitative estimate of drug-likeness (QED) is 0.814. The molecule has 19 heavy (non-hydrogen) atoms. The highest BCUT2D eigenvalue weighted by atomic mass is 35.5. The molecule has 3 fully saturated rings. The molecule has 2 N–H and O–H groups in total. The third-order valence-corrected chi connectivity index (χ3v) is 6.30. The number of hydrogen-bond acceptors (Lipinski definition) is 3. The second-order valence-electron chi connectivity index (χ2n) is 6.33. The zero-order chi connectivity index (χ0) is 12.6. The van der Waals surface area contributed by atoms with E-state index in [0.717, 1.165) is 19.3 Å². The van der Waals surface area contributed by atoms with Gasteiger partial charge in [-0.15, -0.1) is 12.4 Å². The van der Waals surface area contributed by atoms with Crippen molar-refractivity contribution in [2.75, 3.05) is 5.75 Å². The van der Waals surface area contributed by atoms with Crippen LogP contribution < -0.4 is 10.0 Å². The molecule has 3 aliphatic rings. The highest BCUT2D eigenvalue weighted by Crippen LogP contribution is 2.30. The Balaban J connectivity index is 0.00000133. The standard InChI is InChI=1S/C13H24N2O2S.ClH/c16-18(17,7-6-10-2-1-3-10)15-13-8-11-4-5-12(9-13)14-11;/h10-15H,1-9H2;1H. The van der Waals surface area contributed by atoms with Crippen LogP contribution in [0.1, 0.15) is 51.4 Å². The van der Waals surface area contributed by atoms with E-state index in [0.29, 0.717) is 23.8 Å². The first kappa shape index (κ1) is 15.5. The molecule has 2 saturated heterocycles. The zero-order valence-corrected chi connectivity index (χ0v) is 12.9. The summed E-state index contributed by atoms with van der Waals surface area (Å²) in [6, 6.07) is 1.27. The van der Waals surface area contributed by atoms with Crippen LogP contribution in [0, 0.1) is 5.92 Å². The van der Waals surface area contributed by atoms with E-state index in [-0.39, 0.29) is 18.4 Å². The van der Waals surface area contributed by atoms with Crippen LogP contribution in [0.2, 0.25) is 0 Å². The highest BCUT2D eigenvalue weighted by molar-refractivity contribution is 7.89. The van der Waals surface area contributed by atoms with Crippen LogP contribution in [0.3, 0.4) is 0 Å². The van der Waals surface area contributed by atoms with Crippen LogP contribution in [-0.2, 0) is 10.0 Å². The Kier molecular flexibility index (Phi) is 5.15. The number of nitrogens with one attached hydrogen (secondary N) is 2. The molecule has 0 spiro atoms. The first-order valence-corrected chi connectivity index (χ1v) is 9.02. The number of rotatable bonds is 5. The summed E-state index contributed by atoms with van der Waals surface area (Å²) >= 11 is 0. The van der Waals surface area contributed by atoms with Crippen LogP contribution in [0.25, 0.3) is 0 Å². The Morgan fingerprint density at radius 3 is 2.21 bits per heavy atom. The third kappa shape index (κ3) is 4.06. The molecule has 0 aromatic heterocycles. The largest absolute Gasteiger partial charge is 0.311 e. The lowest BCUT2D eigenvalue weighted by atomic mass is 9.84. The fourth-order valence-electron chi connectivity index (χ4n) is 3.57. The summed E-state index contributed by atoms with van der Waals surface area (Å²) in [6.07, 6.45) is 8.97. The molecule has 3 rings (SSSR count). The van der Waals surface area contributed by atoms with Gasteiger partial charge in [0.15, 0.2) is 0 Å². The average molecular weight is 309 g/mol. The van der Waals surface area contributed by atoms with E-state index in [9.17, 15) is 8.42 Å². The SMILES string of the molecule is Cl.O=S(=O)(CCC1CCC1)NC1CC2CCC(C1)N2. The number of sulfonamides is 1. The molecule has 6 heteroatoms. The second-order valence-corrected chi connectivity index (χ2v) is 8.20. The van der Waals surface area contributed by atoms with E-state index < -0.39 is 10.0 Å². The summed E-state index contributed by atoms with van der Waals surface area (Å²) in [7, 11) is -3.05. The summed E-state index contributed by atoms with van der Waals surface area (Å²) in [4.78, 5) is 0. The number of halogens is 1. The monoisotopic (exact) mass is 308 g/mol. The molecule has 2 atom stereocenters. The molecule has 112 valence electrons. The van der Waals surface area contributed by atoms with Crippen LogP contribution in [0.15, 0.2) is 0 Å². The van der Waals surface area contributed by atoms with Gasteiger partial charge in [-0.1, -0.05) is 19.3 Å². The predicted molar refractivity (Wildman–Crippen MR) is 79.1 cm³/mol. The minimum Gasteiger partial charge on any atom is -0.311 e. The van der Waals surface area contributed by atoms with Crippen molar-refractivity contribution >= 4 is 22.4 Å². The van der Waals surface area contributed by atoms with Gasteiger partial charge in [0.2, 0.25) is 10.0 Å². The molecule has 2 unspecified atom stereocenters. The fourth-order valence-corrected chi connectivity index (χ4v) is 5.03. The number of piperidine rings is 1. The summed E-state index contributed by atoms with van der Waals surface area (Å²) in [5.41, 5.74) is 0. The Labute approximate surface area is 122 Å². The summed E-state index contributed by atoms with van der Waals surface area (Å²) in [6.45, 7) is 0. The average Bonchev–Trinajstić information content (AvgIpc) is 2.55. The Hall–Kier alpha value is 0.160. The number of hydrogen-bond donors (Lipinski definition) is 2. The smallest absolute Gasteiger partial charge is 0.211 e. The van der Waals surface area contributed by atoms with Crippen LogP contribution in [-0.4, -0.2) is 32.3 Å². The van der Waals surface area contributed by atoms with Gasteiger partial charge >= 0.3 is 0 Å². The van der Waals surface area contributed by atoms with Gasteiger partial charge in [-0.05, 0) is 38.0 Å². The van der Waals surface area contributed by atoms with Crippen molar-refractivity contribution in [2.45, 2.75) is 69.5 Å². The lowest BCUT2D eigenvalue weighted by molar-refractivity contribution is 0.306. The second kappa shape index (κ2) is 6.29. The lowest BCUT2D eigenvalue weighted by Gasteiger charge is -2.30. The minimum atomic E-state index is -3.05. The molecular weight excluding hydrogens is 284 g/mol. The maximum absolute atomic E-state index is 12.0. The topological polar surface area (TPSA) is 58.2 Å². The maximum Gasteiger partial charge on any atom is 0.211 e. The first-order valence-electron chi connectivity index (χ1n) is 7.37. The summed E-state index contributed by atoms with van der Waals surface area (Å²) < 4.78 is 27.0. The molecule has 0 radical (unpaired) electrons.